The molecule has 4 nitrogen and oxygen atoms in total. The van der Waals surface area contributed by atoms with E-state index in [4.69, 9.17) is 0 Å². The van der Waals surface area contributed by atoms with Crippen LogP contribution in [0.15, 0.2) is 24.5 Å². The van der Waals surface area contributed by atoms with E-state index in [0.29, 0.717) is 6.42 Å². The minimum Gasteiger partial charge on any atom is -0.349 e. The van der Waals surface area contributed by atoms with Crippen LogP contribution in [0.2, 0.25) is 0 Å². The van der Waals surface area contributed by atoms with E-state index in [2.05, 4.69) is 22.1 Å². The number of nitrogens with zero attached hydrogens (tertiary/aromatic N) is 2. The molecule has 0 unspecified atom stereocenters. The molecule has 1 fully saturated rings. The van der Waals surface area contributed by atoms with E-state index in [9.17, 15) is 4.79 Å². The van der Waals surface area contributed by atoms with Crippen LogP contribution in [0.3, 0.4) is 0 Å². The predicted octanol–water partition coefficient (Wildman–Crippen LogP) is 2.92. The highest BCUT2D eigenvalue weighted by Gasteiger charge is 2.14. The van der Waals surface area contributed by atoms with Crippen molar-refractivity contribution in [1.29, 1.82) is 0 Å². The number of amides is 1. The first-order valence-corrected chi connectivity index (χ1v) is 8.21. The smallest absolute Gasteiger partial charge is 0.221 e. The van der Waals surface area contributed by atoms with Gasteiger partial charge in [0.05, 0.1) is 6.04 Å². The van der Waals surface area contributed by atoms with Crippen LogP contribution in [0, 0.1) is 0 Å². The zero-order chi connectivity index (χ0) is 14.9. The molecule has 1 aromatic heterocycles. The van der Waals surface area contributed by atoms with Crippen molar-refractivity contribution in [2.24, 2.45) is 0 Å². The normalized spacial score (nSPS) is 18.0. The van der Waals surface area contributed by atoms with E-state index in [1.807, 2.05) is 12.1 Å². The SMILES string of the molecule is CC[C@@H](NC(=O)CCN1CCCCCC1)c1ccncc1. The molecule has 1 aliphatic heterocycles. The molecule has 1 N–H and O–H groups in total. The number of likely N-dealkylation sites (tertiary alicyclic amines) is 1. The van der Waals surface area contributed by atoms with Crippen LogP contribution in [-0.4, -0.2) is 35.4 Å². The van der Waals surface area contributed by atoms with Gasteiger partial charge in [-0.15, -0.1) is 0 Å². The van der Waals surface area contributed by atoms with E-state index < -0.39 is 0 Å². The van der Waals surface area contributed by atoms with E-state index in [0.717, 1.165) is 31.6 Å². The lowest BCUT2D eigenvalue weighted by molar-refractivity contribution is -0.122. The molecule has 2 rings (SSSR count). The molecule has 0 bridgehead atoms. The Hall–Kier alpha value is -1.42. The molecule has 116 valence electrons. The van der Waals surface area contributed by atoms with E-state index in [1.165, 1.54) is 25.7 Å². The zero-order valence-corrected chi connectivity index (χ0v) is 13.1. The van der Waals surface area contributed by atoms with Gasteiger partial charge in [-0.2, -0.15) is 0 Å². The van der Waals surface area contributed by atoms with Gasteiger partial charge in [0.2, 0.25) is 5.91 Å². The average molecular weight is 289 g/mol. The molecule has 1 atom stereocenters. The second kappa shape index (κ2) is 8.78. The summed E-state index contributed by atoms with van der Waals surface area (Å²) in [5.41, 5.74) is 1.13. The molecule has 0 radical (unpaired) electrons. The van der Waals surface area contributed by atoms with Gasteiger partial charge < -0.3 is 10.2 Å². The van der Waals surface area contributed by atoms with Gasteiger partial charge in [-0.1, -0.05) is 19.8 Å². The summed E-state index contributed by atoms with van der Waals surface area (Å²) in [5.74, 6) is 0.155. The number of carbonyl (C=O) groups excluding carboxylic acids is 1. The highest BCUT2D eigenvalue weighted by atomic mass is 16.1. The number of aromatic nitrogens is 1. The topological polar surface area (TPSA) is 45.2 Å². The Kier molecular flexibility index (Phi) is 6.67. The molecule has 4 heteroatoms. The monoisotopic (exact) mass is 289 g/mol. The second-order valence-corrected chi connectivity index (χ2v) is 5.81. The fraction of sp³-hybridized carbons (Fsp3) is 0.647. The largest absolute Gasteiger partial charge is 0.349 e. The van der Waals surface area contributed by atoms with Gasteiger partial charge in [0.25, 0.3) is 0 Å². The van der Waals surface area contributed by atoms with Crippen LogP contribution >= 0.6 is 0 Å². The van der Waals surface area contributed by atoms with Crippen molar-refractivity contribution >= 4 is 5.91 Å². The number of carbonyl (C=O) groups is 1. The fourth-order valence-electron chi connectivity index (χ4n) is 2.90. The Bertz CT molecular complexity index is 413. The van der Waals surface area contributed by atoms with Crippen LogP contribution in [0.1, 0.15) is 57.1 Å². The van der Waals surface area contributed by atoms with Crippen molar-refractivity contribution in [2.45, 2.75) is 51.5 Å². The molecule has 0 aliphatic carbocycles. The third-order valence-corrected chi connectivity index (χ3v) is 4.21. The van der Waals surface area contributed by atoms with Crippen LogP contribution in [0.5, 0.6) is 0 Å². The average Bonchev–Trinajstić information content (AvgIpc) is 2.80. The third-order valence-electron chi connectivity index (χ3n) is 4.21. The van der Waals surface area contributed by atoms with Crippen molar-refractivity contribution in [3.8, 4) is 0 Å². The minimum absolute atomic E-state index is 0.102. The number of hydrogen-bond donors (Lipinski definition) is 1. The van der Waals surface area contributed by atoms with Crippen molar-refractivity contribution < 1.29 is 4.79 Å². The maximum atomic E-state index is 12.2. The van der Waals surface area contributed by atoms with Crippen LogP contribution in [0.4, 0.5) is 0 Å². The molecular weight excluding hydrogens is 262 g/mol. The Morgan fingerprint density at radius 2 is 1.90 bits per heavy atom. The third kappa shape index (κ3) is 5.46. The molecule has 1 aromatic rings. The van der Waals surface area contributed by atoms with Gasteiger partial charge in [0.1, 0.15) is 0 Å². The molecule has 0 saturated carbocycles. The number of pyridine rings is 1. The molecule has 1 aliphatic rings. The maximum absolute atomic E-state index is 12.2. The summed E-state index contributed by atoms with van der Waals surface area (Å²) in [6, 6.07) is 4.05. The molecule has 1 amide bonds. The Morgan fingerprint density at radius 1 is 1.24 bits per heavy atom. The van der Waals surface area contributed by atoms with E-state index >= 15 is 0 Å². The van der Waals surface area contributed by atoms with E-state index in [1.54, 1.807) is 12.4 Å². The van der Waals surface area contributed by atoms with E-state index in [-0.39, 0.29) is 11.9 Å². The molecule has 2 heterocycles. The van der Waals surface area contributed by atoms with Gasteiger partial charge in [0.15, 0.2) is 0 Å². The van der Waals surface area contributed by atoms with Crippen molar-refractivity contribution in [3.63, 3.8) is 0 Å². The van der Waals surface area contributed by atoms with Crippen molar-refractivity contribution in [3.05, 3.63) is 30.1 Å². The summed E-state index contributed by atoms with van der Waals surface area (Å²) in [7, 11) is 0. The molecule has 0 spiro atoms. The lowest BCUT2D eigenvalue weighted by Gasteiger charge is -2.21. The zero-order valence-electron chi connectivity index (χ0n) is 13.1. The summed E-state index contributed by atoms with van der Waals surface area (Å²) in [4.78, 5) is 18.6. The Labute approximate surface area is 127 Å². The molecule has 1 saturated heterocycles. The molecule has 21 heavy (non-hydrogen) atoms. The molecule has 0 aromatic carbocycles. The summed E-state index contributed by atoms with van der Waals surface area (Å²) < 4.78 is 0. The van der Waals surface area contributed by atoms with Gasteiger partial charge in [-0.3, -0.25) is 9.78 Å². The fourth-order valence-corrected chi connectivity index (χ4v) is 2.90. The molecular formula is C17H27N3O. The summed E-state index contributed by atoms with van der Waals surface area (Å²) in [6.07, 6.45) is 10.3. The standard InChI is InChI=1S/C17H27N3O/c1-2-16(15-7-10-18-11-8-15)19-17(21)9-14-20-12-5-3-4-6-13-20/h7-8,10-11,16H,2-6,9,12-14H2,1H3,(H,19,21)/t16-/m1/s1. The van der Waals surface area contributed by atoms with Gasteiger partial charge in [-0.05, 0) is 50.0 Å². The highest BCUT2D eigenvalue weighted by molar-refractivity contribution is 5.76. The van der Waals surface area contributed by atoms with Gasteiger partial charge in [0, 0.05) is 25.4 Å². The predicted molar refractivity (Wildman–Crippen MR) is 84.9 cm³/mol. The van der Waals surface area contributed by atoms with Crippen LogP contribution in [-0.2, 0) is 4.79 Å². The summed E-state index contributed by atoms with van der Waals surface area (Å²) >= 11 is 0. The van der Waals surface area contributed by atoms with Gasteiger partial charge >= 0.3 is 0 Å². The second-order valence-electron chi connectivity index (χ2n) is 5.81. The first-order valence-electron chi connectivity index (χ1n) is 8.21. The highest BCUT2D eigenvalue weighted by Crippen LogP contribution is 2.15. The number of rotatable bonds is 6. The maximum Gasteiger partial charge on any atom is 0.221 e. The lowest BCUT2D eigenvalue weighted by Crippen LogP contribution is -2.33. The minimum atomic E-state index is 0.102. The Balaban J connectivity index is 1.77. The van der Waals surface area contributed by atoms with Crippen molar-refractivity contribution in [1.82, 2.24) is 15.2 Å². The quantitative estimate of drug-likeness (QED) is 0.876. The number of nitrogens with one attached hydrogen (secondary N) is 1. The van der Waals surface area contributed by atoms with Crippen molar-refractivity contribution in [2.75, 3.05) is 19.6 Å². The first-order chi connectivity index (χ1) is 10.3. The first kappa shape index (κ1) is 16.0. The summed E-state index contributed by atoms with van der Waals surface area (Å²) in [6.45, 7) is 5.28. The number of hydrogen-bond acceptors (Lipinski definition) is 3. The van der Waals surface area contributed by atoms with Crippen LogP contribution in [0.25, 0.3) is 0 Å². The van der Waals surface area contributed by atoms with Gasteiger partial charge in [-0.25, -0.2) is 0 Å². The Morgan fingerprint density at radius 3 is 2.52 bits per heavy atom. The van der Waals surface area contributed by atoms with Crippen LogP contribution < -0.4 is 5.32 Å². The lowest BCUT2D eigenvalue weighted by atomic mass is 10.1. The summed E-state index contributed by atoms with van der Waals surface area (Å²) in [5, 5.41) is 3.14.